The Labute approximate surface area is 121 Å². The second-order valence-electron chi connectivity index (χ2n) is 4.08. The summed E-state index contributed by atoms with van der Waals surface area (Å²) in [6.07, 6.45) is -1.40. The van der Waals surface area contributed by atoms with Crippen molar-refractivity contribution in [2.75, 3.05) is 7.11 Å². The Morgan fingerprint density at radius 1 is 1.05 bits per heavy atom. The first kappa shape index (κ1) is 14.9. The molecule has 0 aromatic heterocycles. The van der Waals surface area contributed by atoms with Gasteiger partial charge in [-0.3, -0.25) is 0 Å². The van der Waals surface area contributed by atoms with Gasteiger partial charge in [-0.05, 0) is 28.1 Å². The Morgan fingerprint density at radius 2 is 1.75 bits per heavy atom. The van der Waals surface area contributed by atoms with Crippen molar-refractivity contribution in [2.45, 2.75) is 6.10 Å². The van der Waals surface area contributed by atoms with Crippen molar-refractivity contribution in [3.8, 4) is 5.75 Å². The lowest BCUT2D eigenvalue weighted by molar-refractivity contribution is 0.209. The van der Waals surface area contributed by atoms with Gasteiger partial charge in [0.05, 0.1) is 11.6 Å². The van der Waals surface area contributed by atoms with Gasteiger partial charge >= 0.3 is 0 Å². The van der Waals surface area contributed by atoms with Crippen LogP contribution in [-0.4, -0.2) is 12.2 Å². The molecule has 0 aliphatic heterocycles. The normalized spacial score (nSPS) is 12.3. The number of halogens is 4. The van der Waals surface area contributed by atoms with Crippen LogP contribution in [0.15, 0.2) is 34.8 Å². The monoisotopic (exact) mass is 346 g/mol. The van der Waals surface area contributed by atoms with E-state index in [-0.39, 0.29) is 21.3 Å². The van der Waals surface area contributed by atoms with Gasteiger partial charge < -0.3 is 9.84 Å². The van der Waals surface area contributed by atoms with E-state index in [0.29, 0.717) is 6.07 Å². The smallest absolute Gasteiger partial charge is 0.141 e. The van der Waals surface area contributed by atoms with E-state index >= 15 is 0 Å². The Bertz CT molecular complexity index is 647. The van der Waals surface area contributed by atoms with Crippen LogP contribution in [0.25, 0.3) is 0 Å². The van der Waals surface area contributed by atoms with E-state index in [1.54, 1.807) is 0 Å². The largest absolute Gasteiger partial charge is 0.496 e. The predicted molar refractivity (Wildman–Crippen MR) is 71.1 cm³/mol. The number of hydrogen-bond donors (Lipinski definition) is 1. The van der Waals surface area contributed by atoms with Crippen molar-refractivity contribution in [1.29, 1.82) is 0 Å². The Balaban J connectivity index is 2.52. The summed E-state index contributed by atoms with van der Waals surface area (Å²) in [4.78, 5) is 0. The molecule has 0 saturated carbocycles. The van der Waals surface area contributed by atoms with Gasteiger partial charge in [0.25, 0.3) is 0 Å². The van der Waals surface area contributed by atoms with Crippen LogP contribution in [-0.2, 0) is 0 Å². The molecule has 1 N–H and O–H groups in total. The number of ether oxygens (including phenoxy) is 1. The van der Waals surface area contributed by atoms with Gasteiger partial charge in [-0.1, -0.05) is 6.07 Å². The van der Waals surface area contributed by atoms with Crippen LogP contribution in [0.4, 0.5) is 13.2 Å². The fourth-order valence-electron chi connectivity index (χ4n) is 1.83. The molecule has 106 valence electrons. The van der Waals surface area contributed by atoms with Crippen LogP contribution in [0.5, 0.6) is 5.75 Å². The van der Waals surface area contributed by atoms with E-state index in [9.17, 15) is 18.3 Å². The maximum absolute atomic E-state index is 13.7. The van der Waals surface area contributed by atoms with Gasteiger partial charge in [-0.15, -0.1) is 0 Å². The maximum atomic E-state index is 13.7. The molecule has 0 bridgehead atoms. The molecule has 2 rings (SSSR count). The van der Waals surface area contributed by atoms with Crippen LogP contribution in [0, 0.1) is 17.5 Å². The summed E-state index contributed by atoms with van der Waals surface area (Å²) in [5.74, 6) is -2.13. The molecule has 0 aliphatic rings. The standard InChI is InChI=1S/C14H10BrF3O2/c1-20-13-6-12(18)10(15)5-9(13)14(19)8-3-2-7(16)4-11(8)17/h2-6,14,19H,1H3. The highest BCUT2D eigenvalue weighted by molar-refractivity contribution is 9.10. The summed E-state index contributed by atoms with van der Waals surface area (Å²) >= 11 is 2.98. The second-order valence-corrected chi connectivity index (χ2v) is 4.93. The SMILES string of the molecule is COc1cc(F)c(Br)cc1C(O)c1ccc(F)cc1F. The average Bonchev–Trinajstić information content (AvgIpc) is 2.40. The summed E-state index contributed by atoms with van der Waals surface area (Å²) in [6.45, 7) is 0. The molecule has 0 amide bonds. The number of aliphatic hydroxyl groups excluding tert-OH is 1. The molecular weight excluding hydrogens is 337 g/mol. The second kappa shape index (κ2) is 5.85. The third-order valence-corrected chi connectivity index (χ3v) is 3.43. The topological polar surface area (TPSA) is 29.5 Å². The maximum Gasteiger partial charge on any atom is 0.141 e. The molecule has 0 radical (unpaired) electrons. The Hall–Kier alpha value is -1.53. The molecular formula is C14H10BrF3O2. The minimum absolute atomic E-state index is 0.0712. The molecule has 2 aromatic rings. The number of methoxy groups -OCH3 is 1. The average molecular weight is 347 g/mol. The zero-order valence-electron chi connectivity index (χ0n) is 10.3. The number of hydrogen-bond acceptors (Lipinski definition) is 2. The van der Waals surface area contributed by atoms with Crippen molar-refractivity contribution < 1.29 is 23.0 Å². The van der Waals surface area contributed by atoms with E-state index in [1.165, 1.54) is 13.2 Å². The zero-order valence-corrected chi connectivity index (χ0v) is 11.9. The molecule has 2 aromatic carbocycles. The molecule has 0 spiro atoms. The molecule has 1 atom stereocenters. The zero-order chi connectivity index (χ0) is 14.9. The van der Waals surface area contributed by atoms with Gasteiger partial charge in [0, 0.05) is 23.3 Å². The molecule has 0 heterocycles. The fraction of sp³-hybridized carbons (Fsp3) is 0.143. The van der Waals surface area contributed by atoms with Crippen molar-refractivity contribution in [3.63, 3.8) is 0 Å². The van der Waals surface area contributed by atoms with Gasteiger partial charge in [-0.25, -0.2) is 13.2 Å². The van der Waals surface area contributed by atoms with E-state index < -0.39 is 23.6 Å². The first-order valence-corrected chi connectivity index (χ1v) is 6.39. The summed E-state index contributed by atoms with van der Waals surface area (Å²) in [5, 5.41) is 10.2. The lowest BCUT2D eigenvalue weighted by atomic mass is 10.00. The predicted octanol–water partition coefficient (Wildman–Crippen LogP) is 3.96. The lowest BCUT2D eigenvalue weighted by Gasteiger charge is -2.16. The highest BCUT2D eigenvalue weighted by Gasteiger charge is 2.21. The van der Waals surface area contributed by atoms with Crippen molar-refractivity contribution >= 4 is 15.9 Å². The van der Waals surface area contributed by atoms with Crippen molar-refractivity contribution in [3.05, 3.63) is 63.4 Å². The van der Waals surface area contributed by atoms with Crippen molar-refractivity contribution in [1.82, 2.24) is 0 Å². The van der Waals surface area contributed by atoms with Gasteiger partial charge in [0.2, 0.25) is 0 Å². The molecule has 0 saturated heterocycles. The van der Waals surface area contributed by atoms with E-state index in [2.05, 4.69) is 15.9 Å². The molecule has 2 nitrogen and oxygen atoms in total. The van der Waals surface area contributed by atoms with Crippen LogP contribution in [0.1, 0.15) is 17.2 Å². The Kier molecular flexibility index (Phi) is 4.35. The highest BCUT2D eigenvalue weighted by Crippen LogP contribution is 2.34. The summed E-state index contributed by atoms with van der Waals surface area (Å²) in [6, 6.07) is 5.20. The minimum Gasteiger partial charge on any atom is -0.496 e. The fourth-order valence-corrected chi connectivity index (χ4v) is 2.19. The number of rotatable bonds is 3. The number of benzene rings is 2. The summed E-state index contributed by atoms with van der Waals surface area (Å²) in [5.41, 5.74) is 0.0505. The third kappa shape index (κ3) is 2.81. The quantitative estimate of drug-likeness (QED) is 0.911. The van der Waals surface area contributed by atoms with Gasteiger partial charge in [0.15, 0.2) is 0 Å². The first-order valence-electron chi connectivity index (χ1n) is 5.60. The van der Waals surface area contributed by atoms with Crippen LogP contribution in [0.3, 0.4) is 0 Å². The first-order chi connectivity index (χ1) is 9.43. The molecule has 0 fully saturated rings. The summed E-state index contributed by atoms with van der Waals surface area (Å²) in [7, 11) is 1.31. The Morgan fingerprint density at radius 3 is 2.35 bits per heavy atom. The minimum atomic E-state index is -1.40. The lowest BCUT2D eigenvalue weighted by Crippen LogP contribution is -2.06. The van der Waals surface area contributed by atoms with Gasteiger partial charge in [0.1, 0.15) is 29.3 Å². The summed E-state index contributed by atoms with van der Waals surface area (Å²) < 4.78 is 45.0. The molecule has 20 heavy (non-hydrogen) atoms. The van der Waals surface area contributed by atoms with Crippen LogP contribution >= 0.6 is 15.9 Å². The van der Waals surface area contributed by atoms with Gasteiger partial charge in [-0.2, -0.15) is 0 Å². The van der Waals surface area contributed by atoms with E-state index in [4.69, 9.17) is 4.74 Å². The third-order valence-electron chi connectivity index (χ3n) is 2.82. The molecule has 6 heteroatoms. The molecule has 0 aliphatic carbocycles. The van der Waals surface area contributed by atoms with E-state index in [0.717, 1.165) is 18.2 Å². The highest BCUT2D eigenvalue weighted by atomic mass is 79.9. The van der Waals surface area contributed by atoms with Crippen LogP contribution < -0.4 is 4.74 Å². The number of aliphatic hydroxyl groups is 1. The van der Waals surface area contributed by atoms with Crippen molar-refractivity contribution in [2.24, 2.45) is 0 Å². The van der Waals surface area contributed by atoms with Crippen LogP contribution in [0.2, 0.25) is 0 Å². The van der Waals surface area contributed by atoms with E-state index in [1.807, 2.05) is 0 Å². The molecule has 1 unspecified atom stereocenters.